The summed E-state index contributed by atoms with van der Waals surface area (Å²) in [6, 6.07) is 0. The predicted octanol–water partition coefficient (Wildman–Crippen LogP) is -0.240. The molecule has 6 heteroatoms. The summed E-state index contributed by atoms with van der Waals surface area (Å²) in [7, 11) is -3.11. The zero-order valence-corrected chi connectivity index (χ0v) is 9.16. The summed E-state index contributed by atoms with van der Waals surface area (Å²) in [6.07, 6.45) is 2.32. The Bertz CT molecular complexity index is 235. The molecule has 1 aliphatic heterocycles. The average molecular weight is 224 g/mol. The predicted molar refractivity (Wildman–Crippen MR) is 56.3 cm³/mol. The van der Waals surface area contributed by atoms with Gasteiger partial charge in [0, 0.05) is 18.3 Å². The van der Waals surface area contributed by atoms with Crippen molar-refractivity contribution in [3.63, 3.8) is 0 Å². The molecule has 0 amide bonds. The van der Waals surface area contributed by atoms with Crippen LogP contribution in [0.2, 0.25) is 0 Å². The van der Waals surface area contributed by atoms with Crippen molar-refractivity contribution in [1.82, 2.24) is 4.72 Å². The summed E-state index contributed by atoms with van der Waals surface area (Å²) in [5.41, 5.74) is 5.17. The lowest BCUT2D eigenvalue weighted by Gasteiger charge is -2.09. The molecule has 1 unspecified atom stereocenters. The molecule has 0 aromatic rings. The first-order valence-electron chi connectivity index (χ1n) is 4.43. The van der Waals surface area contributed by atoms with Gasteiger partial charge in [-0.1, -0.05) is 0 Å². The van der Waals surface area contributed by atoms with Crippen LogP contribution < -0.4 is 10.5 Å². The standard InChI is InChI=1S/C7H16N2O2S2/c8-3-5-13(10,11)9-6-7-2-1-4-12-7/h7,9H,1-6,8H2. The van der Waals surface area contributed by atoms with Crippen LogP contribution in [0.25, 0.3) is 0 Å². The first-order valence-corrected chi connectivity index (χ1v) is 7.13. The number of thioether (sulfide) groups is 1. The van der Waals surface area contributed by atoms with Crippen molar-refractivity contribution in [2.45, 2.75) is 18.1 Å². The molecule has 1 fully saturated rings. The highest BCUT2D eigenvalue weighted by atomic mass is 32.2. The minimum absolute atomic E-state index is 0.0321. The van der Waals surface area contributed by atoms with Crippen LogP contribution in [0.4, 0.5) is 0 Å². The van der Waals surface area contributed by atoms with Crippen molar-refractivity contribution in [3.05, 3.63) is 0 Å². The van der Waals surface area contributed by atoms with E-state index in [1.807, 2.05) is 11.8 Å². The zero-order valence-electron chi connectivity index (χ0n) is 7.53. The molecular weight excluding hydrogens is 208 g/mol. The van der Waals surface area contributed by atoms with E-state index in [9.17, 15) is 8.42 Å². The molecule has 0 radical (unpaired) electrons. The highest BCUT2D eigenvalue weighted by molar-refractivity contribution is 8.00. The molecule has 0 spiro atoms. The van der Waals surface area contributed by atoms with Crippen LogP contribution in [0, 0.1) is 0 Å². The van der Waals surface area contributed by atoms with E-state index in [-0.39, 0.29) is 12.3 Å². The van der Waals surface area contributed by atoms with E-state index >= 15 is 0 Å². The number of hydrogen-bond acceptors (Lipinski definition) is 4. The van der Waals surface area contributed by atoms with Gasteiger partial charge in [-0.3, -0.25) is 0 Å². The van der Waals surface area contributed by atoms with Gasteiger partial charge in [-0.05, 0) is 18.6 Å². The molecule has 1 saturated heterocycles. The minimum atomic E-state index is -3.11. The minimum Gasteiger partial charge on any atom is -0.329 e. The van der Waals surface area contributed by atoms with Gasteiger partial charge >= 0.3 is 0 Å². The van der Waals surface area contributed by atoms with Gasteiger partial charge in [-0.15, -0.1) is 0 Å². The Hall–Kier alpha value is 0.220. The van der Waals surface area contributed by atoms with Crippen molar-refractivity contribution < 1.29 is 8.42 Å². The molecule has 0 aromatic carbocycles. The molecule has 0 aromatic heterocycles. The Morgan fingerprint density at radius 3 is 2.85 bits per heavy atom. The maximum atomic E-state index is 11.2. The molecule has 1 heterocycles. The molecule has 1 atom stereocenters. The van der Waals surface area contributed by atoms with Crippen LogP contribution >= 0.6 is 11.8 Å². The lowest BCUT2D eigenvalue weighted by molar-refractivity contribution is 0.579. The van der Waals surface area contributed by atoms with Gasteiger partial charge in [0.25, 0.3) is 0 Å². The van der Waals surface area contributed by atoms with Crippen LogP contribution in [0.3, 0.4) is 0 Å². The van der Waals surface area contributed by atoms with Crippen LogP contribution in [-0.4, -0.2) is 38.3 Å². The summed E-state index contributed by atoms with van der Waals surface area (Å²) >= 11 is 1.84. The number of nitrogens with two attached hydrogens (primary N) is 1. The Kier molecular flexibility index (Phi) is 4.51. The van der Waals surface area contributed by atoms with E-state index in [1.54, 1.807) is 0 Å². The summed E-state index contributed by atoms with van der Waals surface area (Å²) in [4.78, 5) is 0. The monoisotopic (exact) mass is 224 g/mol. The highest BCUT2D eigenvalue weighted by Gasteiger charge is 2.17. The molecule has 1 aliphatic rings. The second kappa shape index (κ2) is 5.19. The molecule has 3 N–H and O–H groups in total. The van der Waals surface area contributed by atoms with E-state index in [2.05, 4.69) is 4.72 Å². The van der Waals surface area contributed by atoms with Crippen molar-refractivity contribution >= 4 is 21.8 Å². The van der Waals surface area contributed by atoms with E-state index in [1.165, 1.54) is 6.42 Å². The Labute approximate surface area is 83.7 Å². The molecular formula is C7H16N2O2S2. The molecule has 0 saturated carbocycles. The third-order valence-electron chi connectivity index (χ3n) is 1.94. The lowest BCUT2D eigenvalue weighted by Crippen LogP contribution is -2.33. The molecule has 0 bridgehead atoms. The van der Waals surface area contributed by atoms with Crippen molar-refractivity contribution in [1.29, 1.82) is 0 Å². The highest BCUT2D eigenvalue weighted by Crippen LogP contribution is 2.25. The normalized spacial score (nSPS) is 23.6. The van der Waals surface area contributed by atoms with E-state index < -0.39 is 10.0 Å². The van der Waals surface area contributed by atoms with Crippen LogP contribution in [0.1, 0.15) is 12.8 Å². The van der Waals surface area contributed by atoms with Crippen molar-refractivity contribution in [2.75, 3.05) is 24.6 Å². The fraction of sp³-hybridized carbons (Fsp3) is 1.00. The molecule has 1 rings (SSSR count). The number of hydrogen-bond donors (Lipinski definition) is 2. The van der Waals surface area contributed by atoms with Crippen molar-refractivity contribution in [2.24, 2.45) is 5.73 Å². The fourth-order valence-corrected chi connectivity index (χ4v) is 3.47. The molecule has 13 heavy (non-hydrogen) atoms. The van der Waals surface area contributed by atoms with Crippen LogP contribution in [0.15, 0.2) is 0 Å². The quantitative estimate of drug-likeness (QED) is 0.676. The van der Waals surface area contributed by atoms with Crippen LogP contribution in [-0.2, 0) is 10.0 Å². The van der Waals surface area contributed by atoms with Gasteiger partial charge in [0.15, 0.2) is 0 Å². The molecule has 4 nitrogen and oxygen atoms in total. The first-order chi connectivity index (χ1) is 6.14. The smallest absolute Gasteiger partial charge is 0.212 e. The Balaban J connectivity index is 2.24. The maximum Gasteiger partial charge on any atom is 0.212 e. The van der Waals surface area contributed by atoms with Gasteiger partial charge in [0.05, 0.1) is 5.75 Å². The zero-order chi connectivity index (χ0) is 9.73. The SMILES string of the molecule is NCCS(=O)(=O)NCC1CCCS1. The Morgan fingerprint density at radius 2 is 2.31 bits per heavy atom. The molecule has 78 valence electrons. The van der Waals surface area contributed by atoms with Crippen LogP contribution in [0.5, 0.6) is 0 Å². The van der Waals surface area contributed by atoms with Gasteiger partial charge < -0.3 is 5.73 Å². The van der Waals surface area contributed by atoms with Gasteiger partial charge in [-0.2, -0.15) is 11.8 Å². The summed E-state index contributed by atoms with van der Waals surface area (Å²) in [6.45, 7) is 0.750. The number of nitrogens with one attached hydrogen (secondary N) is 1. The largest absolute Gasteiger partial charge is 0.329 e. The second-order valence-electron chi connectivity index (χ2n) is 3.09. The topological polar surface area (TPSA) is 72.2 Å². The fourth-order valence-electron chi connectivity index (χ4n) is 1.25. The summed E-state index contributed by atoms with van der Waals surface area (Å²) < 4.78 is 24.9. The van der Waals surface area contributed by atoms with Crippen molar-refractivity contribution in [3.8, 4) is 0 Å². The molecule has 0 aliphatic carbocycles. The number of rotatable bonds is 5. The average Bonchev–Trinajstić information content (AvgIpc) is 2.52. The lowest BCUT2D eigenvalue weighted by atomic mass is 10.2. The summed E-state index contributed by atoms with van der Waals surface area (Å²) in [5.74, 6) is 1.19. The first kappa shape index (κ1) is 11.3. The van der Waals surface area contributed by atoms with E-state index in [4.69, 9.17) is 5.73 Å². The maximum absolute atomic E-state index is 11.2. The second-order valence-corrected chi connectivity index (χ2v) is 6.43. The van der Waals surface area contributed by atoms with E-state index in [0.29, 0.717) is 11.8 Å². The third-order valence-corrected chi connectivity index (χ3v) is 4.72. The van der Waals surface area contributed by atoms with Gasteiger partial charge in [0.2, 0.25) is 10.0 Å². The van der Waals surface area contributed by atoms with Gasteiger partial charge in [-0.25, -0.2) is 13.1 Å². The van der Waals surface area contributed by atoms with Gasteiger partial charge in [0.1, 0.15) is 0 Å². The van der Waals surface area contributed by atoms with E-state index in [0.717, 1.165) is 12.2 Å². The summed E-state index contributed by atoms with van der Waals surface area (Å²) in [5, 5.41) is 0.465. The Morgan fingerprint density at radius 1 is 1.54 bits per heavy atom. The third kappa shape index (κ3) is 4.30. The number of sulfonamides is 1.